The molecule has 4 nitrogen and oxygen atoms in total. The molecule has 4 heteroatoms. The van der Waals surface area contributed by atoms with E-state index in [-0.39, 0.29) is 5.41 Å². The molecule has 3 N–H and O–H groups in total. The van der Waals surface area contributed by atoms with Crippen molar-refractivity contribution in [2.75, 3.05) is 0 Å². The van der Waals surface area contributed by atoms with Gasteiger partial charge in [-0.2, -0.15) is 0 Å². The molecule has 0 saturated heterocycles. The topological polar surface area (TPSA) is 73.3 Å². The number of fused-ring (bicyclic) bond motifs is 3. The van der Waals surface area contributed by atoms with Gasteiger partial charge in [-0.3, -0.25) is 0 Å². The van der Waals surface area contributed by atoms with Gasteiger partial charge in [-0.25, -0.2) is 4.79 Å². The van der Waals surface area contributed by atoms with Crippen LogP contribution in [0.1, 0.15) is 49.7 Å². The lowest BCUT2D eigenvalue weighted by Crippen LogP contribution is -2.48. The maximum Gasteiger partial charge on any atom is 0.328 e. The van der Waals surface area contributed by atoms with Gasteiger partial charge < -0.3 is 15.2 Å². The highest BCUT2D eigenvalue weighted by Crippen LogP contribution is 2.62. The number of hydrogen-bond donors (Lipinski definition) is 3. The number of benzene rings is 2. The lowest BCUT2D eigenvalue weighted by atomic mass is 9.48. The second-order valence-corrected chi connectivity index (χ2v) is 9.71. The van der Waals surface area contributed by atoms with Gasteiger partial charge in [0.2, 0.25) is 0 Å². The third-order valence-electron chi connectivity index (χ3n) is 7.77. The van der Waals surface area contributed by atoms with Crippen molar-refractivity contribution < 1.29 is 15.0 Å². The quantitative estimate of drug-likeness (QED) is 0.513. The minimum absolute atomic E-state index is 0.154. The van der Waals surface area contributed by atoms with Crippen LogP contribution in [0.4, 0.5) is 0 Å². The molecule has 4 fully saturated rings. The van der Waals surface area contributed by atoms with E-state index in [2.05, 4.69) is 17.1 Å². The van der Waals surface area contributed by atoms with E-state index in [9.17, 15) is 9.90 Å². The Labute approximate surface area is 169 Å². The molecule has 0 atom stereocenters. The number of aliphatic carboxylic acids is 1. The SMILES string of the molecule is O=C(O)/C=C/c1ccc2c(c1)[nH]c1cc(O)c(C34CC5CC(CC(C5)C3)C4)cc12. The summed E-state index contributed by atoms with van der Waals surface area (Å²) in [7, 11) is 0. The first kappa shape index (κ1) is 17.1. The number of aromatic amines is 1. The molecule has 1 aromatic heterocycles. The predicted molar refractivity (Wildman–Crippen MR) is 114 cm³/mol. The van der Waals surface area contributed by atoms with Gasteiger partial charge >= 0.3 is 5.97 Å². The Kier molecular flexibility index (Phi) is 3.48. The highest BCUT2D eigenvalue weighted by molar-refractivity contribution is 6.08. The Hall–Kier alpha value is -2.75. The van der Waals surface area contributed by atoms with Crippen molar-refractivity contribution in [3.8, 4) is 5.75 Å². The van der Waals surface area contributed by atoms with Crippen LogP contribution in [0.25, 0.3) is 27.9 Å². The number of hydrogen-bond acceptors (Lipinski definition) is 2. The number of rotatable bonds is 3. The summed E-state index contributed by atoms with van der Waals surface area (Å²) in [6.07, 6.45) is 10.6. The summed E-state index contributed by atoms with van der Waals surface area (Å²) in [4.78, 5) is 14.2. The summed E-state index contributed by atoms with van der Waals surface area (Å²) >= 11 is 0. The molecule has 0 unspecified atom stereocenters. The van der Waals surface area contributed by atoms with Crippen molar-refractivity contribution in [3.63, 3.8) is 0 Å². The van der Waals surface area contributed by atoms with E-state index in [1.54, 1.807) is 6.08 Å². The fourth-order valence-corrected chi connectivity index (χ4v) is 7.10. The molecule has 3 aromatic rings. The highest BCUT2D eigenvalue weighted by Gasteiger charge is 2.52. The molecule has 4 aliphatic carbocycles. The van der Waals surface area contributed by atoms with Gasteiger partial charge in [-0.15, -0.1) is 0 Å². The van der Waals surface area contributed by atoms with Crippen LogP contribution in [0.2, 0.25) is 0 Å². The van der Waals surface area contributed by atoms with Crippen LogP contribution in [0, 0.1) is 17.8 Å². The van der Waals surface area contributed by atoms with Crippen LogP contribution in [0.3, 0.4) is 0 Å². The number of nitrogens with one attached hydrogen (secondary N) is 1. The first-order valence-corrected chi connectivity index (χ1v) is 10.7. The number of phenolic OH excluding ortho intramolecular Hbond substituents is 1. The Balaban J connectivity index is 1.48. The third-order valence-corrected chi connectivity index (χ3v) is 7.77. The molecule has 2 aromatic carbocycles. The summed E-state index contributed by atoms with van der Waals surface area (Å²) in [6, 6.07) is 10.1. The van der Waals surface area contributed by atoms with Crippen LogP contribution >= 0.6 is 0 Å². The summed E-state index contributed by atoms with van der Waals surface area (Å²) in [5.41, 5.74) is 4.05. The van der Waals surface area contributed by atoms with Crippen molar-refractivity contribution in [2.24, 2.45) is 17.8 Å². The Morgan fingerprint density at radius 2 is 1.62 bits per heavy atom. The normalized spacial score (nSPS) is 30.7. The fourth-order valence-electron chi connectivity index (χ4n) is 7.10. The van der Waals surface area contributed by atoms with E-state index in [0.29, 0.717) is 5.75 Å². The second-order valence-electron chi connectivity index (χ2n) is 9.71. The fraction of sp³-hybridized carbons (Fsp3) is 0.400. The molecule has 0 amide bonds. The van der Waals surface area contributed by atoms with Gasteiger partial charge in [0.15, 0.2) is 0 Å². The molecule has 4 aliphatic rings. The van der Waals surface area contributed by atoms with Crippen molar-refractivity contribution in [2.45, 2.75) is 43.9 Å². The van der Waals surface area contributed by atoms with E-state index >= 15 is 0 Å². The number of aromatic nitrogens is 1. The third kappa shape index (κ3) is 2.61. The Bertz CT molecular complexity index is 1150. The average Bonchev–Trinajstić information content (AvgIpc) is 3.01. The van der Waals surface area contributed by atoms with E-state index < -0.39 is 5.97 Å². The number of carbonyl (C=O) groups is 1. The number of carboxylic acids is 1. The van der Waals surface area contributed by atoms with Crippen LogP contribution in [0.5, 0.6) is 5.75 Å². The van der Waals surface area contributed by atoms with Crippen LogP contribution in [0.15, 0.2) is 36.4 Å². The minimum atomic E-state index is -0.952. The van der Waals surface area contributed by atoms with E-state index in [0.717, 1.165) is 56.8 Å². The zero-order valence-corrected chi connectivity index (χ0v) is 16.3. The van der Waals surface area contributed by atoms with Crippen molar-refractivity contribution in [3.05, 3.63) is 47.5 Å². The molecular formula is C25H25NO3. The number of aromatic hydroxyl groups is 1. The van der Waals surface area contributed by atoms with Gasteiger partial charge in [-0.05, 0) is 85.5 Å². The average molecular weight is 387 g/mol. The first-order valence-electron chi connectivity index (χ1n) is 10.7. The van der Waals surface area contributed by atoms with Gasteiger partial charge in [-0.1, -0.05) is 12.1 Å². The molecule has 7 rings (SSSR count). The summed E-state index contributed by atoms with van der Waals surface area (Å²) < 4.78 is 0. The maximum atomic E-state index is 11.0. The number of H-pyrrole nitrogens is 1. The standard InChI is InChI=1S/C25H25NO3/c27-23-10-22-19(18-3-1-14(2-4-24(28)29)8-21(18)26-22)9-20(23)25-11-15-5-16(12-25)7-17(6-15)13-25/h1-4,8-10,15-17,26-27H,5-7,11-13H2,(H,28,29)/b4-2+. The molecule has 0 aliphatic heterocycles. The maximum absolute atomic E-state index is 11.0. The lowest BCUT2D eigenvalue weighted by molar-refractivity contribution is -0.131. The number of carboxylic acid groups (broad SMARTS) is 1. The van der Waals surface area contributed by atoms with Crippen LogP contribution < -0.4 is 0 Å². The molecule has 0 radical (unpaired) electrons. The monoisotopic (exact) mass is 387 g/mol. The summed E-state index contributed by atoms with van der Waals surface area (Å²) in [5.74, 6) is 1.98. The Morgan fingerprint density at radius 3 is 2.28 bits per heavy atom. The molecule has 1 heterocycles. The van der Waals surface area contributed by atoms with Crippen molar-refractivity contribution >= 4 is 33.9 Å². The minimum Gasteiger partial charge on any atom is -0.508 e. The highest BCUT2D eigenvalue weighted by atomic mass is 16.4. The summed E-state index contributed by atoms with van der Waals surface area (Å²) in [5, 5.41) is 22.1. The van der Waals surface area contributed by atoms with Gasteiger partial charge in [0, 0.05) is 34.0 Å². The number of phenols is 1. The van der Waals surface area contributed by atoms with Crippen LogP contribution in [-0.4, -0.2) is 21.2 Å². The van der Waals surface area contributed by atoms with E-state index in [4.69, 9.17) is 5.11 Å². The van der Waals surface area contributed by atoms with Crippen molar-refractivity contribution in [1.82, 2.24) is 4.98 Å². The smallest absolute Gasteiger partial charge is 0.328 e. The Morgan fingerprint density at radius 1 is 0.966 bits per heavy atom. The first-order chi connectivity index (χ1) is 14.0. The molecule has 29 heavy (non-hydrogen) atoms. The largest absolute Gasteiger partial charge is 0.508 e. The van der Waals surface area contributed by atoms with E-state index in [1.807, 2.05) is 18.2 Å². The van der Waals surface area contributed by atoms with Gasteiger partial charge in [0.05, 0.1) is 5.52 Å². The van der Waals surface area contributed by atoms with Gasteiger partial charge in [0.25, 0.3) is 0 Å². The molecule has 4 bridgehead atoms. The van der Waals surface area contributed by atoms with E-state index in [1.165, 1.54) is 38.5 Å². The zero-order valence-electron chi connectivity index (χ0n) is 16.3. The molecular weight excluding hydrogens is 362 g/mol. The second kappa shape index (κ2) is 5.88. The van der Waals surface area contributed by atoms with Crippen LogP contribution in [-0.2, 0) is 10.2 Å². The van der Waals surface area contributed by atoms with Crippen molar-refractivity contribution in [1.29, 1.82) is 0 Å². The molecule has 0 spiro atoms. The summed E-state index contributed by atoms with van der Waals surface area (Å²) in [6.45, 7) is 0. The van der Waals surface area contributed by atoms with Gasteiger partial charge in [0.1, 0.15) is 5.75 Å². The lowest BCUT2D eigenvalue weighted by Gasteiger charge is -2.57. The predicted octanol–water partition coefficient (Wildman–Crippen LogP) is 5.59. The zero-order chi connectivity index (χ0) is 19.8. The molecule has 148 valence electrons. The molecule has 4 saturated carbocycles.